The molecule has 0 aliphatic carbocycles. The van der Waals surface area contributed by atoms with Crippen molar-refractivity contribution in [2.45, 2.75) is 31.5 Å². The fourth-order valence-electron chi connectivity index (χ4n) is 2.96. The largest absolute Gasteiger partial charge is 0.480 e. The average molecular weight is 324 g/mol. The number of fused-ring (bicyclic) bond motifs is 1. The molecule has 0 saturated carbocycles. The molecule has 0 fully saturated rings. The molecule has 0 spiro atoms. The molecule has 3 N–H and O–H groups in total. The predicted molar refractivity (Wildman–Crippen MR) is 90.5 cm³/mol. The van der Waals surface area contributed by atoms with E-state index in [1.54, 1.807) is 0 Å². The first kappa shape index (κ1) is 16.2. The standard InChI is InChI=1S/C19H20N2O3/c22-18(16-11-14-8-4-5-9-15(14)12-20-16)21-17(19(23)24)10-13-6-2-1-3-7-13/h1-9,16-17,20H,10-12H2,(H,21,22)(H,23,24)/t16-,17-/m0/s1. The van der Waals surface area contributed by atoms with Gasteiger partial charge in [-0.2, -0.15) is 0 Å². The summed E-state index contributed by atoms with van der Waals surface area (Å²) in [6.45, 7) is 0.616. The smallest absolute Gasteiger partial charge is 0.326 e. The molecule has 2 aromatic rings. The van der Waals surface area contributed by atoms with Gasteiger partial charge in [-0.05, 0) is 23.1 Å². The topological polar surface area (TPSA) is 78.4 Å². The number of carboxylic acid groups (broad SMARTS) is 1. The summed E-state index contributed by atoms with van der Waals surface area (Å²) >= 11 is 0. The summed E-state index contributed by atoms with van der Waals surface area (Å²) in [5.41, 5.74) is 3.19. The summed E-state index contributed by atoms with van der Waals surface area (Å²) in [4.78, 5) is 24.0. The molecule has 24 heavy (non-hydrogen) atoms. The highest BCUT2D eigenvalue weighted by Gasteiger charge is 2.28. The second-order valence-electron chi connectivity index (χ2n) is 6.00. The summed E-state index contributed by atoms with van der Waals surface area (Å²) in [5.74, 6) is -1.30. The number of carbonyl (C=O) groups excluding carboxylic acids is 1. The third kappa shape index (κ3) is 3.81. The molecule has 0 radical (unpaired) electrons. The van der Waals surface area contributed by atoms with Gasteiger partial charge in [-0.15, -0.1) is 0 Å². The van der Waals surface area contributed by atoms with E-state index >= 15 is 0 Å². The molecule has 1 aliphatic rings. The van der Waals surface area contributed by atoms with E-state index in [2.05, 4.69) is 10.6 Å². The van der Waals surface area contributed by atoms with Crippen LogP contribution in [0.1, 0.15) is 16.7 Å². The monoisotopic (exact) mass is 324 g/mol. The summed E-state index contributed by atoms with van der Waals surface area (Å²) in [6, 6.07) is 15.9. The van der Waals surface area contributed by atoms with Crippen LogP contribution in [0.3, 0.4) is 0 Å². The van der Waals surface area contributed by atoms with E-state index in [4.69, 9.17) is 0 Å². The molecular formula is C19H20N2O3. The normalized spacial score (nSPS) is 17.6. The Morgan fingerprint density at radius 2 is 1.75 bits per heavy atom. The number of hydrogen-bond donors (Lipinski definition) is 3. The second kappa shape index (κ2) is 7.27. The molecule has 2 aromatic carbocycles. The minimum Gasteiger partial charge on any atom is -0.480 e. The Hall–Kier alpha value is -2.66. The van der Waals surface area contributed by atoms with Gasteiger partial charge in [0.15, 0.2) is 0 Å². The van der Waals surface area contributed by atoms with E-state index in [-0.39, 0.29) is 12.3 Å². The summed E-state index contributed by atoms with van der Waals surface area (Å²) in [7, 11) is 0. The van der Waals surface area contributed by atoms with Crippen LogP contribution in [0.2, 0.25) is 0 Å². The van der Waals surface area contributed by atoms with Crippen LogP contribution < -0.4 is 10.6 Å². The van der Waals surface area contributed by atoms with Gasteiger partial charge in [0.05, 0.1) is 6.04 Å². The maximum Gasteiger partial charge on any atom is 0.326 e. The minimum absolute atomic E-state index is 0.269. The quantitative estimate of drug-likeness (QED) is 0.779. The molecule has 1 amide bonds. The highest BCUT2D eigenvalue weighted by molar-refractivity contribution is 5.87. The van der Waals surface area contributed by atoms with Crippen molar-refractivity contribution in [3.05, 3.63) is 71.3 Å². The van der Waals surface area contributed by atoms with E-state index in [1.165, 1.54) is 5.56 Å². The molecule has 1 heterocycles. The maximum atomic E-state index is 12.5. The highest BCUT2D eigenvalue weighted by Crippen LogP contribution is 2.16. The number of nitrogens with one attached hydrogen (secondary N) is 2. The molecule has 2 atom stereocenters. The lowest BCUT2D eigenvalue weighted by Crippen LogP contribution is -2.52. The van der Waals surface area contributed by atoms with Gasteiger partial charge in [-0.1, -0.05) is 54.6 Å². The predicted octanol–water partition coefficient (Wildman–Crippen LogP) is 1.51. The fourth-order valence-corrected chi connectivity index (χ4v) is 2.96. The lowest BCUT2D eigenvalue weighted by molar-refractivity contribution is -0.142. The first-order chi connectivity index (χ1) is 11.6. The van der Waals surface area contributed by atoms with Gasteiger partial charge in [0, 0.05) is 13.0 Å². The summed E-state index contributed by atoms with van der Waals surface area (Å²) < 4.78 is 0. The first-order valence-corrected chi connectivity index (χ1v) is 8.01. The Morgan fingerprint density at radius 1 is 1.08 bits per heavy atom. The molecule has 0 bridgehead atoms. The molecule has 5 nitrogen and oxygen atoms in total. The Kier molecular flexibility index (Phi) is 4.91. The molecule has 5 heteroatoms. The molecule has 0 unspecified atom stereocenters. The van der Waals surface area contributed by atoms with Gasteiger partial charge in [-0.3, -0.25) is 4.79 Å². The van der Waals surface area contributed by atoms with E-state index < -0.39 is 18.1 Å². The Morgan fingerprint density at radius 3 is 2.46 bits per heavy atom. The van der Waals surface area contributed by atoms with Crippen molar-refractivity contribution >= 4 is 11.9 Å². The van der Waals surface area contributed by atoms with Crippen LogP contribution in [0.5, 0.6) is 0 Å². The van der Waals surface area contributed by atoms with Crippen molar-refractivity contribution < 1.29 is 14.7 Å². The van der Waals surface area contributed by atoms with Gasteiger partial charge in [-0.25, -0.2) is 4.79 Å². The van der Waals surface area contributed by atoms with Crippen LogP contribution in [0, 0.1) is 0 Å². The van der Waals surface area contributed by atoms with Gasteiger partial charge in [0.2, 0.25) is 5.91 Å². The van der Waals surface area contributed by atoms with E-state index in [0.717, 1.165) is 11.1 Å². The summed E-state index contributed by atoms with van der Waals surface area (Å²) in [6.07, 6.45) is 0.838. The third-order valence-corrected chi connectivity index (χ3v) is 4.30. The number of aliphatic carboxylic acids is 1. The van der Waals surface area contributed by atoms with Gasteiger partial charge < -0.3 is 15.7 Å². The van der Waals surface area contributed by atoms with Crippen molar-refractivity contribution in [3.8, 4) is 0 Å². The van der Waals surface area contributed by atoms with Gasteiger partial charge in [0.25, 0.3) is 0 Å². The van der Waals surface area contributed by atoms with Crippen LogP contribution in [0.15, 0.2) is 54.6 Å². The minimum atomic E-state index is -1.02. The Bertz CT molecular complexity index is 730. The van der Waals surface area contributed by atoms with Crippen LogP contribution in [-0.4, -0.2) is 29.1 Å². The number of carbonyl (C=O) groups is 2. The van der Waals surface area contributed by atoms with Crippen LogP contribution in [0.4, 0.5) is 0 Å². The van der Waals surface area contributed by atoms with E-state index in [0.29, 0.717) is 13.0 Å². The van der Waals surface area contributed by atoms with Crippen molar-refractivity contribution in [2.75, 3.05) is 0 Å². The number of benzene rings is 2. The Balaban J connectivity index is 1.65. The molecular weight excluding hydrogens is 304 g/mol. The van der Waals surface area contributed by atoms with Crippen LogP contribution >= 0.6 is 0 Å². The molecule has 124 valence electrons. The Labute approximate surface area is 140 Å². The summed E-state index contributed by atoms with van der Waals surface area (Å²) in [5, 5.41) is 15.2. The number of hydrogen-bond acceptors (Lipinski definition) is 3. The number of carboxylic acids is 1. The van der Waals surface area contributed by atoms with Gasteiger partial charge in [0.1, 0.15) is 6.04 Å². The van der Waals surface area contributed by atoms with E-state index in [9.17, 15) is 14.7 Å². The lowest BCUT2D eigenvalue weighted by Gasteiger charge is -2.26. The molecule has 0 aromatic heterocycles. The van der Waals surface area contributed by atoms with Crippen LogP contribution in [0.25, 0.3) is 0 Å². The fraction of sp³-hybridized carbons (Fsp3) is 0.263. The van der Waals surface area contributed by atoms with Crippen molar-refractivity contribution in [2.24, 2.45) is 0 Å². The van der Waals surface area contributed by atoms with Gasteiger partial charge >= 0.3 is 5.97 Å². The van der Waals surface area contributed by atoms with E-state index in [1.807, 2.05) is 54.6 Å². The van der Waals surface area contributed by atoms with Crippen LogP contribution in [-0.2, 0) is 29.0 Å². The number of rotatable bonds is 5. The zero-order valence-corrected chi connectivity index (χ0v) is 13.2. The second-order valence-corrected chi connectivity index (χ2v) is 6.00. The van der Waals surface area contributed by atoms with Crippen molar-refractivity contribution in [1.29, 1.82) is 0 Å². The SMILES string of the molecule is O=C(O)[C@H](Cc1ccccc1)NC(=O)[C@@H]1Cc2ccccc2CN1. The third-order valence-electron chi connectivity index (χ3n) is 4.30. The lowest BCUT2D eigenvalue weighted by atomic mass is 9.95. The average Bonchev–Trinajstić information content (AvgIpc) is 2.61. The van der Waals surface area contributed by atoms with Crippen molar-refractivity contribution in [1.82, 2.24) is 10.6 Å². The van der Waals surface area contributed by atoms with Crippen molar-refractivity contribution in [3.63, 3.8) is 0 Å². The molecule has 0 saturated heterocycles. The maximum absolute atomic E-state index is 12.5. The molecule has 3 rings (SSSR count). The zero-order chi connectivity index (χ0) is 16.9. The number of amides is 1. The zero-order valence-electron chi connectivity index (χ0n) is 13.2. The molecule has 1 aliphatic heterocycles. The first-order valence-electron chi connectivity index (χ1n) is 8.01. The highest BCUT2D eigenvalue weighted by atomic mass is 16.4.